The Kier molecular flexibility index (Phi) is 14.7. The molecule has 0 saturated heterocycles. The van der Waals surface area contributed by atoms with Crippen molar-refractivity contribution in [3.05, 3.63) is 0 Å². The highest BCUT2D eigenvalue weighted by Gasteiger charge is 2.25. The van der Waals surface area contributed by atoms with Gasteiger partial charge in [0.15, 0.2) is 0 Å². The Balaban J connectivity index is 3.93. The van der Waals surface area contributed by atoms with Crippen LogP contribution < -0.4 is 0 Å². The molecule has 0 aliphatic heterocycles. The van der Waals surface area contributed by atoms with E-state index in [4.69, 9.17) is 18.5 Å². The molecule has 0 aromatic rings. The minimum atomic E-state index is -3.08. The highest BCUT2D eigenvalue weighted by Crippen LogP contribution is 2.60. The van der Waals surface area contributed by atoms with E-state index >= 15 is 0 Å². The van der Waals surface area contributed by atoms with E-state index in [1.165, 1.54) is 30.6 Å². The van der Waals surface area contributed by atoms with Crippen molar-refractivity contribution in [1.29, 1.82) is 0 Å². The summed E-state index contributed by atoms with van der Waals surface area (Å²) in [5.41, 5.74) is 0. The highest BCUT2D eigenvalue weighted by molar-refractivity contribution is 8.55. The molecule has 0 rings (SSSR count). The van der Waals surface area contributed by atoms with Crippen molar-refractivity contribution in [2.45, 2.75) is 39.0 Å². The fourth-order valence-corrected chi connectivity index (χ4v) is 4.79. The zero-order chi connectivity index (χ0) is 15.1. The molecule has 0 spiro atoms. The second kappa shape index (κ2) is 14.4. The van der Waals surface area contributed by atoms with Crippen molar-refractivity contribution in [3.8, 4) is 0 Å². The third-order valence-corrected chi connectivity index (χ3v) is 6.48. The van der Waals surface area contributed by atoms with Crippen molar-refractivity contribution in [1.82, 2.24) is 0 Å². The molecule has 0 unspecified atom stereocenters. The van der Waals surface area contributed by atoms with Gasteiger partial charge in [-0.3, -0.25) is 9.05 Å². The van der Waals surface area contributed by atoms with Crippen LogP contribution in [0.4, 0.5) is 0 Å². The quantitative estimate of drug-likeness (QED) is 0.333. The third-order valence-electron chi connectivity index (χ3n) is 2.57. The van der Waals surface area contributed by atoms with Gasteiger partial charge in [-0.25, -0.2) is 4.57 Å². The standard InChI is InChI=1S/C13H29O5PS/c1-4-5-6-7-8-13-20-19(14,17-11-9-15-2)18-12-10-16-3/h4-13H2,1-3H3. The van der Waals surface area contributed by atoms with Crippen molar-refractivity contribution in [2.24, 2.45) is 0 Å². The van der Waals surface area contributed by atoms with Crippen LogP contribution in [0.1, 0.15) is 39.0 Å². The second-order valence-electron chi connectivity index (χ2n) is 4.35. The summed E-state index contributed by atoms with van der Waals surface area (Å²) in [5.74, 6) is 0.793. The number of methoxy groups -OCH3 is 2. The minimum Gasteiger partial charge on any atom is -0.382 e. The molecule has 20 heavy (non-hydrogen) atoms. The SMILES string of the molecule is CCCCCCCSP(=O)(OCCOC)OCCOC. The van der Waals surface area contributed by atoms with E-state index < -0.39 is 6.80 Å². The molecule has 0 radical (unpaired) electrons. The largest absolute Gasteiger partial charge is 0.389 e. The van der Waals surface area contributed by atoms with E-state index in [9.17, 15) is 4.57 Å². The lowest BCUT2D eigenvalue weighted by molar-refractivity contribution is 0.113. The molecule has 0 amide bonds. The fraction of sp³-hybridized carbons (Fsp3) is 1.00. The van der Waals surface area contributed by atoms with Gasteiger partial charge in [0.05, 0.1) is 26.4 Å². The van der Waals surface area contributed by atoms with E-state index in [0.717, 1.165) is 18.6 Å². The maximum Gasteiger partial charge on any atom is 0.389 e. The maximum atomic E-state index is 12.5. The van der Waals surface area contributed by atoms with Gasteiger partial charge < -0.3 is 9.47 Å². The van der Waals surface area contributed by atoms with Gasteiger partial charge in [-0.1, -0.05) is 32.6 Å². The zero-order valence-corrected chi connectivity index (χ0v) is 14.7. The minimum absolute atomic E-state index is 0.281. The van der Waals surface area contributed by atoms with Gasteiger partial charge in [0.2, 0.25) is 0 Å². The van der Waals surface area contributed by atoms with Gasteiger partial charge in [-0.05, 0) is 17.8 Å². The Morgan fingerprint density at radius 1 is 0.850 bits per heavy atom. The first-order valence-corrected chi connectivity index (χ1v) is 10.3. The first-order chi connectivity index (χ1) is 9.68. The molecule has 7 heteroatoms. The number of ether oxygens (including phenoxy) is 2. The number of hydrogen-bond acceptors (Lipinski definition) is 6. The van der Waals surface area contributed by atoms with E-state index in [0.29, 0.717) is 13.2 Å². The Morgan fingerprint density at radius 3 is 1.90 bits per heavy atom. The fourth-order valence-electron chi connectivity index (χ4n) is 1.46. The van der Waals surface area contributed by atoms with E-state index in [-0.39, 0.29) is 13.2 Å². The van der Waals surface area contributed by atoms with E-state index in [2.05, 4.69) is 6.92 Å². The lowest BCUT2D eigenvalue weighted by Crippen LogP contribution is -2.05. The number of hydrogen-bond donors (Lipinski definition) is 0. The lowest BCUT2D eigenvalue weighted by atomic mass is 10.2. The molecule has 122 valence electrons. The average Bonchev–Trinajstić information content (AvgIpc) is 2.43. The Labute approximate surface area is 127 Å². The summed E-state index contributed by atoms with van der Waals surface area (Å²) in [4.78, 5) is 0. The molecule has 0 aromatic carbocycles. The normalized spacial score (nSPS) is 11.9. The highest BCUT2D eigenvalue weighted by atomic mass is 32.7. The molecule has 0 atom stereocenters. The van der Waals surface area contributed by atoms with E-state index in [1.54, 1.807) is 14.2 Å². The first kappa shape index (κ1) is 20.4. The van der Waals surface area contributed by atoms with Crippen LogP contribution in [0, 0.1) is 0 Å². The summed E-state index contributed by atoms with van der Waals surface area (Å²) >= 11 is 1.28. The van der Waals surface area contributed by atoms with Crippen molar-refractivity contribution in [2.75, 3.05) is 46.4 Å². The van der Waals surface area contributed by atoms with Crippen molar-refractivity contribution < 1.29 is 23.1 Å². The summed E-state index contributed by atoms with van der Waals surface area (Å²) in [7, 11) is 3.17. The van der Waals surface area contributed by atoms with Crippen LogP contribution in [0.15, 0.2) is 0 Å². The lowest BCUT2D eigenvalue weighted by Gasteiger charge is -2.17. The van der Waals surface area contributed by atoms with Crippen LogP contribution in [-0.2, 0) is 23.1 Å². The average molecular weight is 328 g/mol. The van der Waals surface area contributed by atoms with Crippen molar-refractivity contribution >= 4 is 18.2 Å². The maximum absolute atomic E-state index is 12.5. The predicted molar refractivity (Wildman–Crippen MR) is 84.5 cm³/mol. The van der Waals surface area contributed by atoms with Crippen LogP contribution in [-0.4, -0.2) is 46.4 Å². The molecule has 0 aromatic heterocycles. The molecule has 0 aliphatic carbocycles. The second-order valence-corrected chi connectivity index (χ2v) is 8.54. The Bertz CT molecular complexity index is 239. The summed E-state index contributed by atoms with van der Waals surface area (Å²) in [6.45, 7) is 0.499. The molecular formula is C13H29O5PS. The smallest absolute Gasteiger partial charge is 0.382 e. The van der Waals surface area contributed by atoms with Gasteiger partial charge in [0.1, 0.15) is 0 Å². The van der Waals surface area contributed by atoms with Gasteiger partial charge in [-0.15, -0.1) is 0 Å². The van der Waals surface area contributed by atoms with Crippen LogP contribution in [0.5, 0.6) is 0 Å². The molecule has 0 bridgehead atoms. The van der Waals surface area contributed by atoms with Crippen LogP contribution in [0.2, 0.25) is 0 Å². The molecule has 0 fully saturated rings. The van der Waals surface area contributed by atoms with Gasteiger partial charge in [-0.2, -0.15) is 0 Å². The van der Waals surface area contributed by atoms with Gasteiger partial charge >= 0.3 is 6.80 Å². The van der Waals surface area contributed by atoms with E-state index in [1.807, 2.05) is 0 Å². The summed E-state index contributed by atoms with van der Waals surface area (Å²) in [6, 6.07) is 0. The van der Waals surface area contributed by atoms with Crippen molar-refractivity contribution in [3.63, 3.8) is 0 Å². The topological polar surface area (TPSA) is 54.0 Å². The molecule has 5 nitrogen and oxygen atoms in total. The van der Waals surface area contributed by atoms with Gasteiger partial charge in [0, 0.05) is 20.0 Å². The summed E-state index contributed by atoms with van der Waals surface area (Å²) in [6.07, 6.45) is 5.92. The third kappa shape index (κ3) is 12.2. The van der Waals surface area contributed by atoms with Crippen LogP contribution >= 0.6 is 18.2 Å². The predicted octanol–water partition coefficient (Wildman–Crippen LogP) is 4.12. The summed E-state index contributed by atoms with van der Waals surface area (Å²) < 4.78 is 33.0. The molecule has 0 saturated carbocycles. The first-order valence-electron chi connectivity index (χ1n) is 7.20. The van der Waals surface area contributed by atoms with Crippen LogP contribution in [0.25, 0.3) is 0 Å². The Morgan fingerprint density at radius 2 is 1.40 bits per heavy atom. The molecule has 0 aliphatic rings. The number of rotatable bonds is 15. The van der Waals surface area contributed by atoms with Crippen LogP contribution in [0.3, 0.4) is 0 Å². The summed E-state index contributed by atoms with van der Waals surface area (Å²) in [5, 5.41) is 0. The number of unbranched alkanes of at least 4 members (excludes halogenated alkanes) is 4. The molecule has 0 heterocycles. The zero-order valence-electron chi connectivity index (χ0n) is 13.0. The molecule has 0 N–H and O–H groups in total. The molecular weight excluding hydrogens is 299 g/mol. The Hall–Kier alpha value is 0.420. The monoisotopic (exact) mass is 328 g/mol. The van der Waals surface area contributed by atoms with Gasteiger partial charge in [0.25, 0.3) is 0 Å².